The summed E-state index contributed by atoms with van der Waals surface area (Å²) in [6, 6.07) is 4.67. The van der Waals surface area contributed by atoms with E-state index in [1.807, 2.05) is 0 Å². The molecule has 0 fully saturated rings. The van der Waals surface area contributed by atoms with Crippen LogP contribution in [0.4, 0.5) is 18.9 Å². The summed E-state index contributed by atoms with van der Waals surface area (Å²) < 4.78 is 41.9. The maximum absolute atomic E-state index is 13.0. The van der Waals surface area contributed by atoms with Gasteiger partial charge >= 0.3 is 11.0 Å². The number of halogens is 3. The van der Waals surface area contributed by atoms with Crippen molar-refractivity contribution in [2.45, 2.75) is 26.1 Å². The molecular formula is C17H15F3N4O2S. The molecule has 0 aliphatic heterocycles. The fourth-order valence-corrected chi connectivity index (χ4v) is 3.29. The number of benzene rings is 1. The average molecular weight is 396 g/mol. The van der Waals surface area contributed by atoms with Crippen molar-refractivity contribution in [1.82, 2.24) is 14.3 Å². The Balaban J connectivity index is 1.83. The van der Waals surface area contributed by atoms with E-state index in [1.54, 1.807) is 24.6 Å². The number of thiazole rings is 1. The van der Waals surface area contributed by atoms with Gasteiger partial charge in [-0.05, 0) is 31.2 Å². The fraction of sp³-hybridized carbons (Fsp3) is 0.235. The Kier molecular flexibility index (Phi) is 5.17. The molecule has 2 aromatic heterocycles. The monoisotopic (exact) mass is 396 g/mol. The number of nitrogens with one attached hydrogen (secondary N) is 1. The standard InChI is InChI=1S/C17H15F3N4O2S/c1-11-10-27-16(26)23(11)8-5-15(25)22-13-9-12(17(18,19)20)3-4-14(13)24-7-2-6-21-24/h2-4,6-7,9-10H,5,8H2,1H3,(H,22,25). The molecule has 0 saturated carbocycles. The van der Waals surface area contributed by atoms with Gasteiger partial charge in [0.25, 0.3) is 0 Å². The van der Waals surface area contributed by atoms with Crippen molar-refractivity contribution in [3.8, 4) is 5.69 Å². The molecule has 0 unspecified atom stereocenters. The number of rotatable bonds is 5. The quantitative estimate of drug-likeness (QED) is 0.718. The number of carbonyl (C=O) groups excluding carboxylic acids is 1. The minimum absolute atomic E-state index is 0.00656. The third-order valence-corrected chi connectivity index (χ3v) is 4.77. The smallest absolute Gasteiger partial charge is 0.324 e. The zero-order valence-corrected chi connectivity index (χ0v) is 15.0. The van der Waals surface area contributed by atoms with Crippen molar-refractivity contribution >= 4 is 22.9 Å². The van der Waals surface area contributed by atoms with Gasteiger partial charge in [0.1, 0.15) is 0 Å². The van der Waals surface area contributed by atoms with Crippen LogP contribution in [-0.2, 0) is 17.5 Å². The van der Waals surface area contributed by atoms with Gasteiger partial charge in [0.15, 0.2) is 0 Å². The number of carbonyl (C=O) groups is 1. The van der Waals surface area contributed by atoms with E-state index in [0.29, 0.717) is 5.69 Å². The molecule has 0 aliphatic carbocycles. The average Bonchev–Trinajstić information content (AvgIpc) is 3.23. The Morgan fingerprint density at radius 3 is 2.70 bits per heavy atom. The lowest BCUT2D eigenvalue weighted by atomic mass is 10.1. The third kappa shape index (κ3) is 4.27. The van der Waals surface area contributed by atoms with Gasteiger partial charge in [-0.15, -0.1) is 0 Å². The number of aromatic nitrogens is 3. The Hall–Kier alpha value is -2.88. The lowest BCUT2D eigenvalue weighted by Crippen LogP contribution is -2.21. The number of anilines is 1. The molecule has 0 radical (unpaired) electrons. The molecule has 3 rings (SSSR count). The van der Waals surface area contributed by atoms with Crippen LogP contribution in [0.25, 0.3) is 5.69 Å². The molecule has 1 N–H and O–H groups in total. The lowest BCUT2D eigenvalue weighted by molar-refractivity contribution is -0.137. The van der Waals surface area contributed by atoms with Gasteiger partial charge in [0.05, 0.1) is 16.9 Å². The van der Waals surface area contributed by atoms with Crippen LogP contribution in [-0.4, -0.2) is 20.3 Å². The first kappa shape index (κ1) is 18.9. The highest BCUT2D eigenvalue weighted by molar-refractivity contribution is 7.07. The molecule has 6 nitrogen and oxygen atoms in total. The summed E-state index contributed by atoms with van der Waals surface area (Å²) in [6.45, 7) is 1.90. The molecule has 2 heterocycles. The van der Waals surface area contributed by atoms with Crippen molar-refractivity contribution in [2.24, 2.45) is 0 Å². The molecular weight excluding hydrogens is 381 g/mol. The number of amides is 1. The zero-order valence-electron chi connectivity index (χ0n) is 14.2. The predicted octanol–water partition coefficient (Wildman–Crippen LogP) is 3.45. The Morgan fingerprint density at radius 2 is 2.11 bits per heavy atom. The topological polar surface area (TPSA) is 68.9 Å². The van der Waals surface area contributed by atoms with Crippen molar-refractivity contribution < 1.29 is 18.0 Å². The van der Waals surface area contributed by atoms with Gasteiger partial charge in [0.2, 0.25) is 5.91 Å². The van der Waals surface area contributed by atoms with E-state index in [0.717, 1.165) is 29.2 Å². The first-order chi connectivity index (χ1) is 12.8. The second kappa shape index (κ2) is 7.39. The summed E-state index contributed by atoms with van der Waals surface area (Å²) in [5.74, 6) is -0.500. The Labute approximate surface area is 155 Å². The van der Waals surface area contributed by atoms with Crippen molar-refractivity contribution in [2.75, 3.05) is 5.32 Å². The van der Waals surface area contributed by atoms with E-state index >= 15 is 0 Å². The van der Waals surface area contributed by atoms with Crippen LogP contribution >= 0.6 is 11.3 Å². The van der Waals surface area contributed by atoms with Crippen molar-refractivity contribution in [3.63, 3.8) is 0 Å². The molecule has 0 atom stereocenters. The van der Waals surface area contributed by atoms with E-state index in [2.05, 4.69) is 10.4 Å². The van der Waals surface area contributed by atoms with Gasteiger partial charge in [-0.2, -0.15) is 18.3 Å². The summed E-state index contributed by atoms with van der Waals surface area (Å²) >= 11 is 1.03. The summed E-state index contributed by atoms with van der Waals surface area (Å²) in [5.41, 5.74) is 0.158. The van der Waals surface area contributed by atoms with Crippen LogP contribution in [0.1, 0.15) is 17.7 Å². The Morgan fingerprint density at radius 1 is 1.33 bits per heavy atom. The first-order valence-electron chi connectivity index (χ1n) is 7.92. The van der Waals surface area contributed by atoms with Crippen LogP contribution in [0, 0.1) is 6.92 Å². The first-order valence-corrected chi connectivity index (χ1v) is 8.80. The summed E-state index contributed by atoms with van der Waals surface area (Å²) in [4.78, 5) is 23.8. The summed E-state index contributed by atoms with van der Waals surface area (Å²) in [7, 11) is 0. The normalized spacial score (nSPS) is 11.6. The number of alkyl halides is 3. The van der Waals surface area contributed by atoms with Crippen LogP contribution in [0.2, 0.25) is 0 Å². The van der Waals surface area contributed by atoms with Gasteiger partial charge in [-0.1, -0.05) is 11.3 Å². The van der Waals surface area contributed by atoms with E-state index in [4.69, 9.17) is 0 Å². The summed E-state index contributed by atoms with van der Waals surface area (Å²) in [5, 5.41) is 8.18. The molecule has 0 saturated heterocycles. The molecule has 1 aromatic carbocycles. The molecule has 27 heavy (non-hydrogen) atoms. The Bertz CT molecular complexity index is 1010. The number of nitrogens with zero attached hydrogens (tertiary/aromatic N) is 3. The van der Waals surface area contributed by atoms with Crippen LogP contribution in [0.15, 0.2) is 46.8 Å². The molecule has 10 heteroatoms. The van der Waals surface area contributed by atoms with Gasteiger partial charge in [-0.25, -0.2) is 4.68 Å². The van der Waals surface area contributed by atoms with E-state index in [1.165, 1.54) is 21.5 Å². The lowest BCUT2D eigenvalue weighted by Gasteiger charge is -2.15. The van der Waals surface area contributed by atoms with Crippen LogP contribution in [0.5, 0.6) is 0 Å². The molecule has 142 valence electrons. The molecule has 3 aromatic rings. The van der Waals surface area contributed by atoms with Crippen LogP contribution < -0.4 is 10.2 Å². The van der Waals surface area contributed by atoms with Gasteiger partial charge < -0.3 is 9.88 Å². The van der Waals surface area contributed by atoms with E-state index < -0.39 is 17.6 Å². The number of hydrogen-bond acceptors (Lipinski definition) is 4. The molecule has 0 aliphatic rings. The highest BCUT2D eigenvalue weighted by atomic mass is 32.1. The minimum atomic E-state index is -4.54. The number of aryl methyl sites for hydroxylation is 1. The van der Waals surface area contributed by atoms with E-state index in [9.17, 15) is 22.8 Å². The second-order valence-electron chi connectivity index (χ2n) is 5.77. The maximum Gasteiger partial charge on any atom is 0.416 e. The number of hydrogen-bond donors (Lipinski definition) is 1. The fourth-order valence-electron chi connectivity index (χ4n) is 2.52. The molecule has 1 amide bonds. The molecule has 0 spiro atoms. The van der Waals surface area contributed by atoms with Crippen LogP contribution in [0.3, 0.4) is 0 Å². The molecule has 0 bridgehead atoms. The predicted molar refractivity (Wildman–Crippen MR) is 95.1 cm³/mol. The third-order valence-electron chi connectivity index (χ3n) is 3.89. The largest absolute Gasteiger partial charge is 0.416 e. The van der Waals surface area contributed by atoms with Crippen molar-refractivity contribution in [3.05, 3.63) is 63.0 Å². The maximum atomic E-state index is 13.0. The SMILES string of the molecule is Cc1csc(=O)n1CCC(=O)Nc1cc(C(F)(F)F)ccc1-n1cccn1. The zero-order chi connectivity index (χ0) is 19.6. The summed E-state index contributed by atoms with van der Waals surface area (Å²) in [6.07, 6.45) is -1.54. The minimum Gasteiger partial charge on any atom is -0.324 e. The van der Waals surface area contributed by atoms with Gasteiger partial charge in [-0.3, -0.25) is 9.59 Å². The van der Waals surface area contributed by atoms with E-state index in [-0.39, 0.29) is 23.5 Å². The highest BCUT2D eigenvalue weighted by Crippen LogP contribution is 2.33. The second-order valence-corrected chi connectivity index (χ2v) is 6.59. The highest BCUT2D eigenvalue weighted by Gasteiger charge is 2.31. The van der Waals surface area contributed by atoms with Crippen molar-refractivity contribution in [1.29, 1.82) is 0 Å². The van der Waals surface area contributed by atoms with Gasteiger partial charge in [0, 0.05) is 36.4 Å².